The molecule has 0 unspecified atom stereocenters. The van der Waals surface area contributed by atoms with Gasteiger partial charge < -0.3 is 5.11 Å². The van der Waals surface area contributed by atoms with Crippen LogP contribution in [0.1, 0.15) is 24.0 Å². The van der Waals surface area contributed by atoms with Crippen molar-refractivity contribution >= 4 is 5.97 Å². The molecule has 0 spiro atoms. The van der Waals surface area contributed by atoms with Crippen LogP contribution in [0.15, 0.2) is 24.3 Å². The molecule has 1 fully saturated rings. The number of rotatable bonds is 4. The predicted molar refractivity (Wildman–Crippen MR) is 71.7 cm³/mol. The molecule has 98 valence electrons. The van der Waals surface area contributed by atoms with Gasteiger partial charge in [0.25, 0.3) is 0 Å². The Bertz CT molecular complexity index is 391. The van der Waals surface area contributed by atoms with E-state index in [2.05, 4.69) is 31.2 Å². The van der Waals surface area contributed by atoms with Crippen molar-refractivity contribution in [2.45, 2.75) is 26.2 Å². The first kappa shape index (κ1) is 13.1. The number of nitrogens with zero attached hydrogens (tertiary/aromatic N) is 1. The first-order chi connectivity index (χ1) is 8.63. The highest BCUT2D eigenvalue weighted by Crippen LogP contribution is 2.21. The second-order valence-electron chi connectivity index (χ2n) is 5.30. The van der Waals surface area contributed by atoms with Crippen LogP contribution in [0.3, 0.4) is 0 Å². The van der Waals surface area contributed by atoms with Crippen LogP contribution in [0, 0.1) is 12.8 Å². The number of carboxylic acids is 1. The van der Waals surface area contributed by atoms with E-state index >= 15 is 0 Å². The zero-order valence-electron chi connectivity index (χ0n) is 10.9. The van der Waals surface area contributed by atoms with Crippen molar-refractivity contribution in [3.05, 3.63) is 35.4 Å². The number of hydrogen-bond donors (Lipinski definition) is 1. The number of hydrogen-bond acceptors (Lipinski definition) is 2. The fourth-order valence-corrected chi connectivity index (χ4v) is 2.60. The molecule has 0 saturated carbocycles. The van der Waals surface area contributed by atoms with Gasteiger partial charge in [-0.05, 0) is 50.8 Å². The molecule has 0 aromatic heterocycles. The molecule has 3 heteroatoms. The highest BCUT2D eigenvalue weighted by Gasteiger charge is 2.20. The quantitative estimate of drug-likeness (QED) is 0.887. The third kappa shape index (κ3) is 3.84. The van der Waals surface area contributed by atoms with Gasteiger partial charge in [0.2, 0.25) is 0 Å². The van der Waals surface area contributed by atoms with Crippen molar-refractivity contribution in [1.29, 1.82) is 0 Å². The third-order valence-electron chi connectivity index (χ3n) is 3.71. The van der Waals surface area contributed by atoms with E-state index in [1.807, 2.05) is 4.90 Å². The molecule has 3 nitrogen and oxygen atoms in total. The third-order valence-corrected chi connectivity index (χ3v) is 3.71. The van der Waals surface area contributed by atoms with Crippen molar-refractivity contribution < 1.29 is 9.90 Å². The molecular weight excluding hydrogens is 226 g/mol. The van der Waals surface area contributed by atoms with Crippen LogP contribution < -0.4 is 0 Å². The van der Waals surface area contributed by atoms with Crippen molar-refractivity contribution in [2.24, 2.45) is 5.92 Å². The lowest BCUT2D eigenvalue weighted by molar-refractivity contribution is -0.138. The van der Waals surface area contributed by atoms with Crippen molar-refractivity contribution in [1.82, 2.24) is 4.90 Å². The van der Waals surface area contributed by atoms with Crippen molar-refractivity contribution in [3.63, 3.8) is 0 Å². The fourth-order valence-electron chi connectivity index (χ4n) is 2.60. The van der Waals surface area contributed by atoms with E-state index in [0.29, 0.717) is 5.92 Å². The van der Waals surface area contributed by atoms with E-state index in [1.54, 1.807) is 0 Å². The summed E-state index contributed by atoms with van der Waals surface area (Å²) in [4.78, 5) is 12.7. The standard InChI is InChI=1S/C15H21NO2/c1-12-2-4-13(5-3-12)10-14-6-8-16(9-7-14)11-15(17)18/h2-5,14H,6-11H2,1H3,(H,17,18). The molecule has 1 aromatic carbocycles. The lowest BCUT2D eigenvalue weighted by Gasteiger charge is -2.30. The summed E-state index contributed by atoms with van der Waals surface area (Å²) in [6, 6.07) is 8.74. The van der Waals surface area contributed by atoms with E-state index in [4.69, 9.17) is 5.11 Å². The number of piperidine rings is 1. The number of aliphatic carboxylic acids is 1. The average molecular weight is 247 g/mol. The van der Waals surface area contributed by atoms with Crippen LogP contribution in [0.5, 0.6) is 0 Å². The van der Waals surface area contributed by atoms with Gasteiger partial charge in [-0.3, -0.25) is 9.69 Å². The Kier molecular flexibility index (Phi) is 4.37. The molecule has 0 radical (unpaired) electrons. The highest BCUT2D eigenvalue weighted by atomic mass is 16.4. The Morgan fingerprint density at radius 3 is 2.44 bits per heavy atom. The summed E-state index contributed by atoms with van der Waals surface area (Å²) < 4.78 is 0. The molecular formula is C15H21NO2. The number of carboxylic acid groups (broad SMARTS) is 1. The van der Waals surface area contributed by atoms with Crippen LogP contribution in [0.25, 0.3) is 0 Å². The second-order valence-corrected chi connectivity index (χ2v) is 5.30. The van der Waals surface area contributed by atoms with Gasteiger partial charge in [0.15, 0.2) is 0 Å². The molecule has 0 atom stereocenters. The lowest BCUT2D eigenvalue weighted by Crippen LogP contribution is -2.37. The minimum atomic E-state index is -0.716. The fraction of sp³-hybridized carbons (Fsp3) is 0.533. The summed E-state index contributed by atoms with van der Waals surface area (Å²) in [6.07, 6.45) is 3.35. The number of likely N-dealkylation sites (tertiary alicyclic amines) is 1. The monoisotopic (exact) mass is 247 g/mol. The molecule has 1 saturated heterocycles. The summed E-state index contributed by atoms with van der Waals surface area (Å²) in [6.45, 7) is 4.14. The van der Waals surface area contributed by atoms with Gasteiger partial charge in [0, 0.05) is 0 Å². The van der Waals surface area contributed by atoms with Gasteiger partial charge in [-0.15, -0.1) is 0 Å². The van der Waals surface area contributed by atoms with E-state index in [0.717, 1.165) is 32.4 Å². The Labute approximate surface area is 108 Å². The minimum Gasteiger partial charge on any atom is -0.480 e. The van der Waals surface area contributed by atoms with Crippen LogP contribution >= 0.6 is 0 Å². The first-order valence-corrected chi connectivity index (χ1v) is 6.63. The Balaban J connectivity index is 1.79. The maximum absolute atomic E-state index is 10.6. The molecule has 1 N–H and O–H groups in total. The molecule has 0 bridgehead atoms. The molecule has 1 aliphatic rings. The Morgan fingerprint density at radius 1 is 1.28 bits per heavy atom. The maximum Gasteiger partial charge on any atom is 0.317 e. The molecule has 2 rings (SSSR count). The lowest BCUT2D eigenvalue weighted by atomic mass is 9.90. The van der Waals surface area contributed by atoms with Crippen LogP contribution in [-0.4, -0.2) is 35.6 Å². The molecule has 0 amide bonds. The van der Waals surface area contributed by atoms with Crippen molar-refractivity contribution in [2.75, 3.05) is 19.6 Å². The Morgan fingerprint density at radius 2 is 1.89 bits per heavy atom. The van der Waals surface area contributed by atoms with Crippen LogP contribution in [0.4, 0.5) is 0 Å². The first-order valence-electron chi connectivity index (χ1n) is 6.63. The van der Waals surface area contributed by atoms with Crippen molar-refractivity contribution in [3.8, 4) is 0 Å². The van der Waals surface area contributed by atoms with Crippen LogP contribution in [0.2, 0.25) is 0 Å². The van der Waals surface area contributed by atoms with Crippen LogP contribution in [-0.2, 0) is 11.2 Å². The largest absolute Gasteiger partial charge is 0.480 e. The average Bonchev–Trinajstić information content (AvgIpc) is 2.34. The molecule has 1 aliphatic heterocycles. The minimum absolute atomic E-state index is 0.192. The van der Waals surface area contributed by atoms with E-state index < -0.39 is 5.97 Å². The van der Waals surface area contributed by atoms with Gasteiger partial charge >= 0.3 is 5.97 Å². The van der Waals surface area contributed by atoms with Gasteiger partial charge in [-0.1, -0.05) is 29.8 Å². The summed E-state index contributed by atoms with van der Waals surface area (Å²) in [5, 5.41) is 8.75. The van der Waals surface area contributed by atoms with Gasteiger partial charge in [-0.25, -0.2) is 0 Å². The normalized spacial score (nSPS) is 17.8. The molecule has 1 heterocycles. The summed E-state index contributed by atoms with van der Waals surface area (Å²) in [5.41, 5.74) is 2.70. The summed E-state index contributed by atoms with van der Waals surface area (Å²) >= 11 is 0. The van der Waals surface area contributed by atoms with E-state index in [-0.39, 0.29) is 6.54 Å². The molecule has 0 aliphatic carbocycles. The van der Waals surface area contributed by atoms with Gasteiger partial charge in [0.1, 0.15) is 0 Å². The maximum atomic E-state index is 10.6. The van der Waals surface area contributed by atoms with E-state index in [9.17, 15) is 4.79 Å². The Hall–Kier alpha value is -1.35. The summed E-state index contributed by atoms with van der Waals surface area (Å²) in [5.74, 6) is -0.00950. The van der Waals surface area contributed by atoms with Gasteiger partial charge in [-0.2, -0.15) is 0 Å². The number of aryl methyl sites for hydroxylation is 1. The smallest absolute Gasteiger partial charge is 0.317 e. The second kappa shape index (κ2) is 6.01. The number of carbonyl (C=O) groups is 1. The van der Waals surface area contributed by atoms with Gasteiger partial charge in [0.05, 0.1) is 6.54 Å². The zero-order valence-corrected chi connectivity index (χ0v) is 10.9. The number of benzene rings is 1. The highest BCUT2D eigenvalue weighted by molar-refractivity contribution is 5.69. The topological polar surface area (TPSA) is 40.5 Å². The predicted octanol–water partition coefficient (Wildman–Crippen LogP) is 2.33. The SMILES string of the molecule is Cc1ccc(CC2CCN(CC(=O)O)CC2)cc1. The molecule has 18 heavy (non-hydrogen) atoms. The molecule has 1 aromatic rings. The van der Waals surface area contributed by atoms with E-state index in [1.165, 1.54) is 11.1 Å². The zero-order chi connectivity index (χ0) is 13.0. The summed E-state index contributed by atoms with van der Waals surface area (Å²) in [7, 11) is 0.